The van der Waals surface area contributed by atoms with Crippen molar-refractivity contribution in [1.82, 2.24) is 0 Å². The Morgan fingerprint density at radius 2 is 1.08 bits per heavy atom. The van der Waals surface area contributed by atoms with E-state index in [9.17, 15) is 0 Å². The van der Waals surface area contributed by atoms with Gasteiger partial charge in [-0.1, -0.05) is 0 Å². The first kappa shape index (κ1) is 20.1. The molecule has 0 saturated heterocycles. The summed E-state index contributed by atoms with van der Waals surface area (Å²) in [6.07, 6.45) is 1.47. The van der Waals surface area contributed by atoms with Crippen LogP contribution in [0, 0.1) is 0 Å². The highest BCUT2D eigenvalue weighted by Crippen LogP contribution is 2.12. The lowest BCUT2D eigenvalue weighted by Gasteiger charge is -2.06. The van der Waals surface area contributed by atoms with Crippen molar-refractivity contribution >= 4 is 35.5 Å². The minimum atomic E-state index is -0.159. The minimum absolute atomic E-state index is 0.152. The van der Waals surface area contributed by atoms with Crippen LogP contribution < -0.4 is 34.4 Å². The molecule has 0 spiro atoms. The molecule has 138 valence electrons. The fraction of sp³-hybridized carbons (Fsp3) is 0.143. The van der Waals surface area contributed by atoms with Gasteiger partial charge in [0.15, 0.2) is 0 Å². The maximum absolute atomic E-state index is 5.29. The summed E-state index contributed by atoms with van der Waals surface area (Å²) in [5.74, 6) is -0.463. The monoisotopic (exact) mass is 358 g/mol. The second kappa shape index (κ2) is 9.36. The van der Waals surface area contributed by atoms with E-state index in [2.05, 4.69) is 30.6 Å². The number of rotatable bonds is 6. The van der Waals surface area contributed by atoms with Crippen LogP contribution in [0.5, 0.6) is 0 Å². The van der Waals surface area contributed by atoms with Crippen LogP contribution in [0.1, 0.15) is 30.5 Å². The van der Waals surface area contributed by atoms with Gasteiger partial charge in [-0.05, 0) is 48.7 Å². The molecule has 0 heterocycles. The van der Waals surface area contributed by atoms with Gasteiger partial charge in [0.2, 0.25) is 17.9 Å². The zero-order chi connectivity index (χ0) is 19.7. The third kappa shape index (κ3) is 7.08. The predicted molar refractivity (Wildman–Crippen MR) is 106 cm³/mol. The summed E-state index contributed by atoms with van der Waals surface area (Å²) >= 11 is 0. The van der Waals surface area contributed by atoms with Crippen LogP contribution in [0.4, 0.5) is 0 Å². The molecule has 12 N–H and O–H groups in total. The summed E-state index contributed by atoms with van der Waals surface area (Å²) in [7, 11) is 0. The topological polar surface area (TPSA) is 230 Å². The third-order valence-electron chi connectivity index (χ3n) is 2.80. The molecule has 0 radical (unpaired) electrons. The van der Waals surface area contributed by atoms with E-state index < -0.39 is 0 Å². The Balaban J connectivity index is 3.44. The molecule has 0 amide bonds. The SMILES string of the molecule is C/C(=N\N=C(N)N)c1cc(/C=N\N=C(N)N)cc(/C(C)=N/N=C(N)N)c1. The third-order valence-corrected chi connectivity index (χ3v) is 2.80. The first-order valence-electron chi connectivity index (χ1n) is 7.23. The smallest absolute Gasteiger partial charge is 0.211 e. The van der Waals surface area contributed by atoms with Gasteiger partial charge in [-0.25, -0.2) is 0 Å². The van der Waals surface area contributed by atoms with Crippen LogP contribution in [0.2, 0.25) is 0 Å². The zero-order valence-electron chi connectivity index (χ0n) is 14.5. The Morgan fingerprint density at radius 1 is 0.654 bits per heavy atom. The summed E-state index contributed by atoms with van der Waals surface area (Å²) < 4.78 is 0. The molecule has 0 fully saturated rings. The van der Waals surface area contributed by atoms with E-state index in [1.165, 1.54) is 6.21 Å². The van der Waals surface area contributed by atoms with Crippen molar-refractivity contribution in [3.05, 3.63) is 34.9 Å². The molecule has 0 aliphatic heterocycles. The lowest BCUT2D eigenvalue weighted by atomic mass is 10.0. The molecule has 0 atom stereocenters. The predicted octanol–water partition coefficient (Wildman–Crippen LogP) is -1.71. The van der Waals surface area contributed by atoms with Gasteiger partial charge in [0.05, 0.1) is 17.6 Å². The zero-order valence-corrected chi connectivity index (χ0v) is 14.5. The molecule has 0 bridgehead atoms. The average Bonchev–Trinajstić information content (AvgIpc) is 2.56. The molecule has 0 unspecified atom stereocenters. The van der Waals surface area contributed by atoms with Crippen molar-refractivity contribution in [2.75, 3.05) is 0 Å². The molecule has 1 aromatic rings. The standard InChI is InChI=1S/C14H22N12/c1-7(22-25-13(17)18)10-3-9(6-21-24-12(15)16)4-11(5-10)8(2)23-26-14(19)20/h3-6H,1-2H3,(H4,15,16,24)(H4,17,18,25)(H4,19,20,26)/b21-6-,22-7+,23-8+. The van der Waals surface area contributed by atoms with Gasteiger partial charge in [0.1, 0.15) is 0 Å². The number of guanidine groups is 3. The molecule has 0 aliphatic rings. The first-order valence-corrected chi connectivity index (χ1v) is 7.23. The lowest BCUT2D eigenvalue weighted by molar-refractivity contribution is 1.19. The number of hydrogen-bond donors (Lipinski definition) is 6. The van der Waals surface area contributed by atoms with Gasteiger partial charge < -0.3 is 34.4 Å². The molecular formula is C14H22N12. The Kier molecular flexibility index (Phi) is 7.23. The van der Waals surface area contributed by atoms with Crippen LogP contribution in [-0.4, -0.2) is 35.5 Å². The minimum Gasteiger partial charge on any atom is -0.369 e. The summed E-state index contributed by atoms with van der Waals surface area (Å²) in [5, 5.41) is 22.5. The maximum Gasteiger partial charge on any atom is 0.211 e. The molecule has 1 aromatic carbocycles. The highest BCUT2D eigenvalue weighted by molar-refractivity contribution is 6.06. The molecule has 12 heteroatoms. The van der Waals surface area contributed by atoms with Gasteiger partial charge in [-0.15, -0.1) is 15.3 Å². The van der Waals surface area contributed by atoms with Crippen molar-refractivity contribution in [2.45, 2.75) is 13.8 Å². The average molecular weight is 358 g/mol. The summed E-state index contributed by atoms with van der Waals surface area (Å²) in [6, 6.07) is 5.41. The number of hydrogen-bond acceptors (Lipinski definition) is 6. The number of benzene rings is 1. The normalized spacial score (nSPS) is 11.9. The lowest BCUT2D eigenvalue weighted by Crippen LogP contribution is -2.22. The molecular weight excluding hydrogens is 336 g/mol. The number of nitrogens with zero attached hydrogens (tertiary/aromatic N) is 6. The van der Waals surface area contributed by atoms with E-state index in [0.717, 1.165) is 11.1 Å². The van der Waals surface area contributed by atoms with Crippen molar-refractivity contribution in [3.63, 3.8) is 0 Å². The van der Waals surface area contributed by atoms with Crippen molar-refractivity contribution in [1.29, 1.82) is 0 Å². The van der Waals surface area contributed by atoms with E-state index >= 15 is 0 Å². The first-order chi connectivity index (χ1) is 12.2. The second-order valence-electron chi connectivity index (χ2n) is 5.03. The van der Waals surface area contributed by atoms with E-state index in [-0.39, 0.29) is 17.9 Å². The van der Waals surface area contributed by atoms with Crippen LogP contribution in [0.15, 0.2) is 48.8 Å². The second-order valence-corrected chi connectivity index (χ2v) is 5.03. The van der Waals surface area contributed by atoms with Gasteiger partial charge in [0, 0.05) is 0 Å². The largest absolute Gasteiger partial charge is 0.369 e. The van der Waals surface area contributed by atoms with Gasteiger partial charge >= 0.3 is 0 Å². The van der Waals surface area contributed by atoms with E-state index in [1.54, 1.807) is 26.0 Å². The summed E-state index contributed by atoms with van der Waals surface area (Å²) in [5.41, 5.74) is 34.9. The molecule has 12 nitrogen and oxygen atoms in total. The fourth-order valence-electron chi connectivity index (χ4n) is 1.69. The van der Waals surface area contributed by atoms with Crippen LogP contribution in [0.25, 0.3) is 0 Å². The van der Waals surface area contributed by atoms with Crippen molar-refractivity contribution in [3.8, 4) is 0 Å². The Morgan fingerprint density at radius 3 is 1.46 bits per heavy atom. The van der Waals surface area contributed by atoms with E-state index in [0.29, 0.717) is 17.0 Å². The van der Waals surface area contributed by atoms with Gasteiger partial charge in [-0.3, -0.25) is 0 Å². The van der Waals surface area contributed by atoms with Crippen LogP contribution in [-0.2, 0) is 0 Å². The van der Waals surface area contributed by atoms with Crippen LogP contribution in [0.3, 0.4) is 0 Å². The van der Waals surface area contributed by atoms with Crippen molar-refractivity contribution < 1.29 is 0 Å². The number of nitrogens with two attached hydrogens (primary N) is 6. The van der Waals surface area contributed by atoms with Crippen LogP contribution >= 0.6 is 0 Å². The van der Waals surface area contributed by atoms with Gasteiger partial charge in [-0.2, -0.15) is 15.3 Å². The molecule has 0 saturated carbocycles. The maximum atomic E-state index is 5.29. The highest BCUT2D eigenvalue weighted by atomic mass is 15.3. The summed E-state index contributed by atoms with van der Waals surface area (Å²) in [4.78, 5) is 0. The van der Waals surface area contributed by atoms with E-state index in [1.807, 2.05) is 6.07 Å². The highest BCUT2D eigenvalue weighted by Gasteiger charge is 2.06. The van der Waals surface area contributed by atoms with Crippen molar-refractivity contribution in [2.24, 2.45) is 65.0 Å². The Labute approximate surface area is 150 Å². The quantitative estimate of drug-likeness (QED) is 0.197. The Hall–Kier alpha value is -3.96. The summed E-state index contributed by atoms with van der Waals surface area (Å²) in [6.45, 7) is 3.48. The molecule has 0 aromatic heterocycles. The fourth-order valence-corrected chi connectivity index (χ4v) is 1.69. The molecule has 1 rings (SSSR count). The molecule has 26 heavy (non-hydrogen) atoms. The molecule has 0 aliphatic carbocycles. The van der Waals surface area contributed by atoms with E-state index in [4.69, 9.17) is 34.4 Å². The Bertz CT molecular complexity index is 764. The van der Waals surface area contributed by atoms with Gasteiger partial charge in [0.25, 0.3) is 0 Å².